The maximum atomic E-state index is 12.4. The largest absolute Gasteiger partial charge is 0.480 e. The number of rotatable bonds is 5. The predicted octanol–water partition coefficient (Wildman–Crippen LogP) is 4.08. The summed E-state index contributed by atoms with van der Waals surface area (Å²) >= 11 is 12.1. The zero-order valence-corrected chi connectivity index (χ0v) is 14.6. The molecule has 1 aromatic carbocycles. The van der Waals surface area contributed by atoms with Gasteiger partial charge in [-0.1, -0.05) is 42.6 Å². The molecule has 0 bridgehead atoms. The molecule has 23 heavy (non-hydrogen) atoms. The molecule has 1 fully saturated rings. The Morgan fingerprint density at radius 2 is 1.83 bits per heavy atom. The van der Waals surface area contributed by atoms with Gasteiger partial charge in [0.05, 0.1) is 6.42 Å². The molecule has 6 heteroatoms. The Morgan fingerprint density at radius 1 is 1.26 bits per heavy atom. The number of halogens is 2. The fraction of sp³-hybridized carbons (Fsp3) is 0.529. The molecule has 1 saturated carbocycles. The molecule has 2 rings (SSSR count). The average molecular weight is 358 g/mol. The summed E-state index contributed by atoms with van der Waals surface area (Å²) in [5.74, 6) is -0.791. The molecule has 0 atom stereocenters. The number of benzene rings is 1. The minimum absolute atomic E-state index is 0.0231. The van der Waals surface area contributed by atoms with Gasteiger partial charge in [-0.05, 0) is 49.3 Å². The first-order valence-electron chi connectivity index (χ1n) is 7.85. The normalized spacial score (nSPS) is 24.2. The molecule has 4 nitrogen and oxygen atoms in total. The van der Waals surface area contributed by atoms with Gasteiger partial charge in [0.2, 0.25) is 5.91 Å². The van der Waals surface area contributed by atoms with Crippen molar-refractivity contribution >= 4 is 35.1 Å². The van der Waals surface area contributed by atoms with Crippen LogP contribution in [-0.2, 0) is 16.0 Å². The summed E-state index contributed by atoms with van der Waals surface area (Å²) in [6, 6.07) is 5.03. The number of carbonyl (C=O) groups excluding carboxylic acids is 1. The zero-order valence-electron chi connectivity index (χ0n) is 13.1. The molecule has 0 radical (unpaired) electrons. The quantitative estimate of drug-likeness (QED) is 0.834. The van der Waals surface area contributed by atoms with Gasteiger partial charge in [-0.3, -0.25) is 4.79 Å². The second kappa shape index (κ2) is 7.54. The van der Waals surface area contributed by atoms with E-state index in [0.29, 0.717) is 34.4 Å². The van der Waals surface area contributed by atoms with Crippen molar-refractivity contribution in [3.63, 3.8) is 0 Å². The highest BCUT2D eigenvalue weighted by atomic mass is 35.5. The molecule has 1 aromatic rings. The van der Waals surface area contributed by atoms with Crippen LogP contribution >= 0.6 is 23.2 Å². The Labute approximate surface area is 146 Å². The van der Waals surface area contributed by atoms with Crippen LogP contribution in [0.2, 0.25) is 10.0 Å². The van der Waals surface area contributed by atoms with Crippen LogP contribution < -0.4 is 5.32 Å². The lowest BCUT2D eigenvalue weighted by Gasteiger charge is -2.37. The summed E-state index contributed by atoms with van der Waals surface area (Å²) in [7, 11) is 0. The first-order valence-corrected chi connectivity index (χ1v) is 8.61. The Morgan fingerprint density at radius 3 is 2.30 bits per heavy atom. The number of hydrogen-bond acceptors (Lipinski definition) is 2. The number of hydrogen-bond donors (Lipinski definition) is 2. The lowest BCUT2D eigenvalue weighted by atomic mass is 9.75. The maximum absolute atomic E-state index is 12.4. The molecule has 0 heterocycles. The van der Waals surface area contributed by atoms with Crippen molar-refractivity contribution in [2.75, 3.05) is 0 Å². The van der Waals surface area contributed by atoms with E-state index in [1.807, 2.05) is 0 Å². The van der Waals surface area contributed by atoms with Gasteiger partial charge < -0.3 is 10.4 Å². The highest BCUT2D eigenvalue weighted by Crippen LogP contribution is 2.34. The first-order chi connectivity index (χ1) is 10.9. The van der Waals surface area contributed by atoms with Gasteiger partial charge in [0.25, 0.3) is 0 Å². The van der Waals surface area contributed by atoms with E-state index < -0.39 is 11.5 Å². The van der Waals surface area contributed by atoms with Gasteiger partial charge in [0.1, 0.15) is 5.54 Å². The summed E-state index contributed by atoms with van der Waals surface area (Å²) in [4.78, 5) is 24.1. The molecule has 0 aromatic heterocycles. The predicted molar refractivity (Wildman–Crippen MR) is 90.9 cm³/mol. The fourth-order valence-corrected chi connectivity index (χ4v) is 3.67. The van der Waals surface area contributed by atoms with Crippen LogP contribution in [0.4, 0.5) is 0 Å². The molecule has 0 saturated heterocycles. The van der Waals surface area contributed by atoms with E-state index >= 15 is 0 Å². The van der Waals surface area contributed by atoms with Crippen LogP contribution in [0.3, 0.4) is 0 Å². The van der Waals surface area contributed by atoms with Gasteiger partial charge in [-0.15, -0.1) is 0 Å². The van der Waals surface area contributed by atoms with E-state index in [1.165, 1.54) is 0 Å². The van der Waals surface area contributed by atoms with Gasteiger partial charge in [0.15, 0.2) is 0 Å². The number of carboxylic acid groups (broad SMARTS) is 1. The van der Waals surface area contributed by atoms with Crippen LogP contribution in [0.1, 0.15) is 44.6 Å². The van der Waals surface area contributed by atoms with Crippen molar-refractivity contribution in [3.05, 3.63) is 33.8 Å². The molecule has 1 amide bonds. The average Bonchev–Trinajstić information content (AvgIpc) is 2.51. The number of carboxylic acids is 1. The second-order valence-electron chi connectivity index (χ2n) is 6.16. The standard InChI is InChI=1S/C17H21Cl2NO3/c1-2-11-6-8-17(9-7-11,16(22)23)20-15(21)10-12-13(18)4-3-5-14(12)19/h3-5,11H,2,6-10H2,1H3,(H,20,21)(H,22,23). The minimum Gasteiger partial charge on any atom is -0.480 e. The van der Waals surface area contributed by atoms with E-state index in [-0.39, 0.29) is 12.3 Å². The van der Waals surface area contributed by atoms with Gasteiger partial charge in [-0.2, -0.15) is 0 Å². The van der Waals surface area contributed by atoms with E-state index in [2.05, 4.69) is 12.2 Å². The van der Waals surface area contributed by atoms with Crippen LogP contribution in [0, 0.1) is 5.92 Å². The van der Waals surface area contributed by atoms with E-state index in [0.717, 1.165) is 19.3 Å². The Bertz CT molecular complexity index is 575. The SMILES string of the molecule is CCC1CCC(NC(=O)Cc2c(Cl)cccc2Cl)(C(=O)O)CC1. The highest BCUT2D eigenvalue weighted by Gasteiger charge is 2.42. The molecule has 0 spiro atoms. The number of amides is 1. The summed E-state index contributed by atoms with van der Waals surface area (Å²) in [5, 5.41) is 13.1. The van der Waals surface area contributed by atoms with Crippen molar-refractivity contribution in [1.29, 1.82) is 0 Å². The lowest BCUT2D eigenvalue weighted by molar-refractivity contribution is -0.149. The summed E-state index contributed by atoms with van der Waals surface area (Å²) in [6.45, 7) is 2.11. The molecule has 0 unspecified atom stereocenters. The van der Waals surface area contributed by atoms with Crippen molar-refractivity contribution in [3.8, 4) is 0 Å². The van der Waals surface area contributed by atoms with Gasteiger partial charge >= 0.3 is 5.97 Å². The summed E-state index contributed by atoms with van der Waals surface area (Å²) in [5.41, 5.74) is -0.646. The molecular weight excluding hydrogens is 337 g/mol. The van der Waals surface area contributed by atoms with E-state index in [1.54, 1.807) is 18.2 Å². The third-order valence-electron chi connectivity index (χ3n) is 4.72. The van der Waals surface area contributed by atoms with Crippen molar-refractivity contribution < 1.29 is 14.7 Å². The first kappa shape index (κ1) is 18.1. The van der Waals surface area contributed by atoms with Gasteiger partial charge in [-0.25, -0.2) is 4.79 Å². The summed E-state index contributed by atoms with van der Waals surface area (Å²) in [6.07, 6.45) is 3.57. The summed E-state index contributed by atoms with van der Waals surface area (Å²) < 4.78 is 0. The number of carbonyl (C=O) groups is 2. The smallest absolute Gasteiger partial charge is 0.329 e. The molecular formula is C17H21Cl2NO3. The van der Waals surface area contributed by atoms with Crippen LogP contribution in [0.15, 0.2) is 18.2 Å². The van der Waals surface area contributed by atoms with E-state index in [9.17, 15) is 14.7 Å². The molecule has 126 valence electrons. The van der Waals surface area contributed by atoms with E-state index in [4.69, 9.17) is 23.2 Å². The Kier molecular flexibility index (Phi) is 5.93. The topological polar surface area (TPSA) is 66.4 Å². The number of nitrogens with one attached hydrogen (secondary N) is 1. The Hall–Kier alpha value is -1.26. The third-order valence-corrected chi connectivity index (χ3v) is 5.43. The van der Waals surface area contributed by atoms with Crippen molar-refractivity contribution in [1.82, 2.24) is 5.32 Å². The van der Waals surface area contributed by atoms with Crippen molar-refractivity contribution in [2.24, 2.45) is 5.92 Å². The molecule has 0 aliphatic heterocycles. The molecule has 1 aliphatic rings. The van der Waals surface area contributed by atoms with Gasteiger partial charge in [0, 0.05) is 10.0 Å². The number of aliphatic carboxylic acids is 1. The van der Waals surface area contributed by atoms with Crippen LogP contribution in [0.5, 0.6) is 0 Å². The second-order valence-corrected chi connectivity index (χ2v) is 6.98. The third kappa shape index (κ3) is 4.18. The lowest BCUT2D eigenvalue weighted by Crippen LogP contribution is -2.56. The minimum atomic E-state index is -1.17. The zero-order chi connectivity index (χ0) is 17.0. The van der Waals surface area contributed by atoms with Crippen LogP contribution in [-0.4, -0.2) is 22.5 Å². The fourth-order valence-electron chi connectivity index (χ4n) is 3.14. The van der Waals surface area contributed by atoms with Crippen LogP contribution in [0.25, 0.3) is 0 Å². The Balaban J connectivity index is 2.09. The monoisotopic (exact) mass is 357 g/mol. The maximum Gasteiger partial charge on any atom is 0.329 e. The molecule has 2 N–H and O–H groups in total. The van der Waals surface area contributed by atoms with Crippen molar-refractivity contribution in [2.45, 2.75) is 51.0 Å². The highest BCUT2D eigenvalue weighted by molar-refractivity contribution is 6.36. The molecule has 1 aliphatic carbocycles.